The first-order valence-corrected chi connectivity index (χ1v) is 8.17. The molecule has 0 saturated heterocycles. The molecule has 76 valence electrons. The summed E-state index contributed by atoms with van der Waals surface area (Å²) in [5, 5.41) is 2.75. The van der Waals surface area contributed by atoms with Gasteiger partial charge in [-0.3, -0.25) is 0 Å². The molecule has 0 saturated carbocycles. The zero-order valence-corrected chi connectivity index (χ0v) is 12.4. The van der Waals surface area contributed by atoms with E-state index < -0.39 is 21.1 Å². The first-order valence-electron chi connectivity index (χ1n) is 5.32. The Morgan fingerprint density at radius 1 is 0.867 bits per heavy atom. The van der Waals surface area contributed by atoms with Crippen LogP contribution in [0.5, 0.6) is 0 Å². The Morgan fingerprint density at radius 2 is 1.53 bits per heavy atom. The number of fused-ring (bicyclic) bond motifs is 1. The predicted octanol–water partition coefficient (Wildman–Crippen LogP) is 3.39. The van der Waals surface area contributed by atoms with E-state index in [1.807, 2.05) is 0 Å². The molecule has 0 bridgehead atoms. The third-order valence-electron chi connectivity index (χ3n) is 2.27. The summed E-state index contributed by atoms with van der Waals surface area (Å²) in [7, 11) is 0. The standard InChI is InChI=1S/C10H7.C4H9.Sn/c1-2-6-10-8-4-3-7-9(10)5-1;1-4(2)3;/h1-3,5-8H;1-3H3;. The monoisotopic (exact) mass is 304 g/mol. The van der Waals surface area contributed by atoms with Crippen LogP contribution in [-0.2, 0) is 0 Å². The van der Waals surface area contributed by atoms with Crippen molar-refractivity contribution < 1.29 is 0 Å². The van der Waals surface area contributed by atoms with Crippen LogP contribution in [0.2, 0.25) is 3.43 Å². The van der Waals surface area contributed by atoms with Gasteiger partial charge in [-0.2, -0.15) is 0 Å². The van der Waals surface area contributed by atoms with E-state index in [1.165, 1.54) is 10.8 Å². The maximum atomic E-state index is 2.38. The number of benzene rings is 2. The van der Waals surface area contributed by atoms with E-state index in [0.717, 1.165) is 0 Å². The molecule has 0 heterocycles. The molecule has 0 aliphatic carbocycles. The molecule has 0 aliphatic heterocycles. The van der Waals surface area contributed by atoms with E-state index in [1.54, 1.807) is 3.58 Å². The Labute approximate surface area is 102 Å². The van der Waals surface area contributed by atoms with Crippen LogP contribution in [0.1, 0.15) is 20.8 Å². The predicted molar refractivity (Wildman–Crippen MR) is 69.1 cm³/mol. The quantitative estimate of drug-likeness (QED) is 0.709. The summed E-state index contributed by atoms with van der Waals surface area (Å²) in [6.07, 6.45) is 0. The summed E-state index contributed by atoms with van der Waals surface area (Å²) in [4.78, 5) is 0. The van der Waals surface area contributed by atoms with Gasteiger partial charge in [-0.25, -0.2) is 0 Å². The van der Waals surface area contributed by atoms with Gasteiger partial charge in [0.15, 0.2) is 0 Å². The molecule has 1 heteroatoms. The van der Waals surface area contributed by atoms with E-state index in [9.17, 15) is 0 Å². The van der Waals surface area contributed by atoms with Crippen molar-refractivity contribution >= 4 is 35.5 Å². The molecule has 15 heavy (non-hydrogen) atoms. The number of hydrogen-bond donors (Lipinski definition) is 0. The van der Waals surface area contributed by atoms with Crippen molar-refractivity contribution in [1.82, 2.24) is 0 Å². The fourth-order valence-corrected chi connectivity index (χ4v) is 5.30. The second-order valence-electron chi connectivity index (χ2n) is 4.94. The summed E-state index contributed by atoms with van der Waals surface area (Å²) in [6.45, 7) is 7.07. The van der Waals surface area contributed by atoms with Gasteiger partial charge in [-0.15, -0.1) is 0 Å². The van der Waals surface area contributed by atoms with Gasteiger partial charge in [-0.05, 0) is 0 Å². The van der Waals surface area contributed by atoms with E-state index in [0.29, 0.717) is 3.43 Å². The zero-order valence-electron chi connectivity index (χ0n) is 9.54. The first kappa shape index (κ1) is 11.0. The van der Waals surface area contributed by atoms with Gasteiger partial charge in [-0.1, -0.05) is 0 Å². The third-order valence-corrected chi connectivity index (χ3v) is 6.12. The Bertz CT molecular complexity index is 466. The minimum absolute atomic E-state index is 0.452. The molecule has 0 unspecified atom stereocenters. The molecule has 0 amide bonds. The molecule has 0 fully saturated rings. The summed E-state index contributed by atoms with van der Waals surface area (Å²) in [6, 6.07) is 15.6. The molecular formula is C14H16Sn. The normalized spacial score (nSPS) is 11.9. The zero-order chi connectivity index (χ0) is 10.9. The van der Waals surface area contributed by atoms with Gasteiger partial charge in [0.1, 0.15) is 0 Å². The Hall–Kier alpha value is -0.501. The molecule has 0 N–H and O–H groups in total. The maximum absolute atomic E-state index is 2.38. The van der Waals surface area contributed by atoms with Crippen LogP contribution in [0, 0.1) is 0 Å². The Balaban J connectivity index is 2.39. The van der Waals surface area contributed by atoms with E-state index >= 15 is 0 Å². The molecule has 0 aliphatic rings. The van der Waals surface area contributed by atoms with Gasteiger partial charge in [0.2, 0.25) is 0 Å². The van der Waals surface area contributed by atoms with Gasteiger partial charge in [0, 0.05) is 0 Å². The summed E-state index contributed by atoms with van der Waals surface area (Å²) in [5.74, 6) is 0. The molecule has 2 rings (SSSR count). The van der Waals surface area contributed by atoms with Crippen LogP contribution in [0.15, 0.2) is 42.5 Å². The average Bonchev–Trinajstić information content (AvgIpc) is 2.15. The van der Waals surface area contributed by atoms with Crippen molar-refractivity contribution in [3.05, 3.63) is 42.5 Å². The van der Waals surface area contributed by atoms with Crippen LogP contribution in [0.25, 0.3) is 10.8 Å². The minimum atomic E-state index is -0.452. The average molecular weight is 303 g/mol. The molecular weight excluding hydrogens is 287 g/mol. The van der Waals surface area contributed by atoms with Gasteiger partial charge in [0.05, 0.1) is 0 Å². The topological polar surface area (TPSA) is 0 Å². The van der Waals surface area contributed by atoms with E-state index in [2.05, 4.69) is 63.2 Å². The molecule has 2 aromatic carbocycles. The van der Waals surface area contributed by atoms with Crippen LogP contribution in [-0.4, -0.2) is 21.1 Å². The molecule has 0 aromatic heterocycles. The van der Waals surface area contributed by atoms with Gasteiger partial charge in [0.25, 0.3) is 0 Å². The Morgan fingerprint density at radius 3 is 2.20 bits per heavy atom. The second kappa shape index (κ2) is 4.17. The van der Waals surface area contributed by atoms with Crippen LogP contribution in [0.4, 0.5) is 0 Å². The molecule has 0 spiro atoms. The van der Waals surface area contributed by atoms with Crippen LogP contribution in [0.3, 0.4) is 0 Å². The first-order chi connectivity index (χ1) is 7.04. The fourth-order valence-electron chi connectivity index (χ4n) is 1.70. The number of hydrogen-bond acceptors (Lipinski definition) is 0. The van der Waals surface area contributed by atoms with Crippen molar-refractivity contribution in [1.29, 1.82) is 0 Å². The summed E-state index contributed by atoms with van der Waals surface area (Å²) in [5.41, 5.74) is 0. The number of rotatable bonds is 1. The van der Waals surface area contributed by atoms with Crippen LogP contribution < -0.4 is 3.58 Å². The van der Waals surface area contributed by atoms with Crippen molar-refractivity contribution in [3.63, 3.8) is 0 Å². The molecule has 0 nitrogen and oxygen atoms in total. The Kier molecular flexibility index (Phi) is 3.05. The molecule has 0 atom stereocenters. The van der Waals surface area contributed by atoms with Crippen molar-refractivity contribution in [2.24, 2.45) is 0 Å². The van der Waals surface area contributed by atoms with Gasteiger partial charge >= 0.3 is 102 Å². The third kappa shape index (κ3) is 2.97. The van der Waals surface area contributed by atoms with E-state index in [-0.39, 0.29) is 0 Å². The van der Waals surface area contributed by atoms with Crippen molar-refractivity contribution in [2.75, 3.05) is 0 Å². The van der Waals surface area contributed by atoms with Gasteiger partial charge < -0.3 is 0 Å². The SMILES string of the molecule is C[C](C)(C)[Sn][c]1ccc2ccccc2c1. The molecule has 2 aromatic rings. The summed E-state index contributed by atoms with van der Waals surface area (Å²) < 4.78 is 2.14. The van der Waals surface area contributed by atoms with Crippen molar-refractivity contribution in [3.8, 4) is 0 Å². The second-order valence-corrected chi connectivity index (χ2v) is 11.6. The molecule has 2 radical (unpaired) electrons. The van der Waals surface area contributed by atoms with Crippen LogP contribution >= 0.6 is 0 Å². The van der Waals surface area contributed by atoms with Crippen molar-refractivity contribution in [2.45, 2.75) is 24.2 Å². The summed E-state index contributed by atoms with van der Waals surface area (Å²) >= 11 is -0.452. The van der Waals surface area contributed by atoms with E-state index in [4.69, 9.17) is 0 Å². The fraction of sp³-hybridized carbons (Fsp3) is 0.286.